The number of nitrogens with zero attached hydrogens (tertiary/aromatic N) is 1. The number of aliphatic hydroxyl groups is 1. The molecule has 0 bridgehead atoms. The summed E-state index contributed by atoms with van der Waals surface area (Å²) >= 11 is 0. The van der Waals surface area contributed by atoms with Gasteiger partial charge in [0.25, 0.3) is 11.7 Å². The zero-order valence-electron chi connectivity index (χ0n) is 21.1. The van der Waals surface area contributed by atoms with Gasteiger partial charge in [-0.3, -0.25) is 9.59 Å². The Morgan fingerprint density at radius 2 is 1.86 bits per heavy atom. The van der Waals surface area contributed by atoms with Crippen molar-refractivity contribution in [2.24, 2.45) is 0 Å². The summed E-state index contributed by atoms with van der Waals surface area (Å²) < 4.78 is 11.7. The van der Waals surface area contributed by atoms with Crippen molar-refractivity contribution in [1.29, 1.82) is 0 Å². The lowest BCUT2D eigenvalue weighted by Crippen LogP contribution is -2.29. The highest BCUT2D eigenvalue weighted by molar-refractivity contribution is 6.46. The molecule has 6 nitrogen and oxygen atoms in total. The van der Waals surface area contributed by atoms with Crippen LogP contribution in [0.3, 0.4) is 0 Å². The Bertz CT molecular complexity index is 1350. The van der Waals surface area contributed by atoms with E-state index in [4.69, 9.17) is 9.47 Å². The molecule has 0 aromatic heterocycles. The lowest BCUT2D eigenvalue weighted by atomic mass is 9.94. The lowest BCUT2D eigenvalue weighted by Gasteiger charge is -2.26. The highest BCUT2D eigenvalue weighted by Gasteiger charge is 2.46. The van der Waals surface area contributed by atoms with Gasteiger partial charge in [-0.1, -0.05) is 55.8 Å². The fourth-order valence-corrected chi connectivity index (χ4v) is 5.00. The van der Waals surface area contributed by atoms with Gasteiger partial charge < -0.3 is 19.5 Å². The molecule has 6 heteroatoms. The molecule has 2 aliphatic rings. The first kappa shape index (κ1) is 24.6. The first-order valence-electron chi connectivity index (χ1n) is 12.8. The zero-order valence-corrected chi connectivity index (χ0v) is 21.1. The molecule has 2 heterocycles. The lowest BCUT2D eigenvalue weighted by molar-refractivity contribution is -0.140. The van der Waals surface area contributed by atoms with E-state index in [2.05, 4.69) is 6.92 Å². The van der Waals surface area contributed by atoms with Crippen LogP contribution in [0.5, 0.6) is 11.5 Å². The minimum Gasteiger partial charge on any atom is -0.507 e. The molecule has 0 spiro atoms. The summed E-state index contributed by atoms with van der Waals surface area (Å²) in [6.45, 7) is 4.91. The summed E-state index contributed by atoms with van der Waals surface area (Å²) in [5.74, 6) is -0.0628. The average molecular weight is 498 g/mol. The molecule has 1 N–H and O–H groups in total. The topological polar surface area (TPSA) is 76.1 Å². The molecule has 3 aromatic carbocycles. The second-order valence-corrected chi connectivity index (χ2v) is 9.64. The molecule has 1 fully saturated rings. The standard InChI is InChI=1S/C31H31NO5/c1-3-4-15-36-25-12-8-11-22(18-25)28-27(29(33)23-13-14-26-24(17-23)16-20(2)37-26)30(34)31(35)32(28)19-21-9-6-5-7-10-21/h5-14,17-18,20,28,33H,3-4,15-16,19H2,1-2H3/t20-,28-/m1/s1. The van der Waals surface area contributed by atoms with Crippen LogP contribution in [0.25, 0.3) is 5.76 Å². The minimum atomic E-state index is -0.752. The molecule has 3 aromatic rings. The third-order valence-corrected chi connectivity index (χ3v) is 6.85. The molecule has 0 aliphatic carbocycles. The second-order valence-electron chi connectivity index (χ2n) is 9.64. The van der Waals surface area contributed by atoms with Gasteiger partial charge in [0.05, 0.1) is 18.2 Å². The molecule has 0 saturated carbocycles. The van der Waals surface area contributed by atoms with E-state index in [1.165, 1.54) is 4.90 Å². The Balaban J connectivity index is 1.59. The SMILES string of the molecule is CCCCOc1cccc([C@@H]2C(=C(O)c3ccc4c(c3)C[C@@H](C)O4)C(=O)C(=O)N2Cc2ccccc2)c1. The molecule has 5 rings (SSSR count). The number of carbonyl (C=O) groups is 2. The highest BCUT2D eigenvalue weighted by Crippen LogP contribution is 2.42. The van der Waals surface area contributed by atoms with Crippen LogP contribution >= 0.6 is 0 Å². The van der Waals surface area contributed by atoms with Crippen LogP contribution in [0.1, 0.15) is 55.0 Å². The zero-order chi connectivity index (χ0) is 25.9. The molecule has 2 atom stereocenters. The number of carbonyl (C=O) groups excluding carboxylic acids is 2. The van der Waals surface area contributed by atoms with E-state index in [-0.39, 0.29) is 24.0 Å². The Labute approximate surface area is 217 Å². The van der Waals surface area contributed by atoms with Crippen LogP contribution in [0.4, 0.5) is 0 Å². The van der Waals surface area contributed by atoms with Crippen molar-refractivity contribution < 1.29 is 24.2 Å². The van der Waals surface area contributed by atoms with Crippen LogP contribution in [0.15, 0.2) is 78.4 Å². The summed E-state index contributed by atoms with van der Waals surface area (Å²) in [6, 6.07) is 21.6. The van der Waals surface area contributed by atoms with E-state index in [9.17, 15) is 14.7 Å². The first-order valence-corrected chi connectivity index (χ1v) is 12.8. The number of hydrogen-bond acceptors (Lipinski definition) is 5. The molecular formula is C31H31NO5. The fourth-order valence-electron chi connectivity index (χ4n) is 5.00. The number of Topliss-reactive ketones (excluding diaryl/α,β-unsaturated/α-hetero) is 1. The molecule has 0 radical (unpaired) electrons. The van der Waals surface area contributed by atoms with Crippen molar-refractivity contribution in [3.8, 4) is 11.5 Å². The maximum atomic E-state index is 13.4. The number of amides is 1. The Kier molecular flexibility index (Phi) is 6.99. The molecule has 2 aliphatic heterocycles. The maximum absolute atomic E-state index is 13.4. The smallest absolute Gasteiger partial charge is 0.295 e. The van der Waals surface area contributed by atoms with Gasteiger partial charge in [-0.25, -0.2) is 0 Å². The number of rotatable bonds is 8. The quantitative estimate of drug-likeness (QED) is 0.184. The summed E-state index contributed by atoms with van der Waals surface area (Å²) in [5.41, 5.74) is 3.16. The average Bonchev–Trinajstić information content (AvgIpc) is 3.40. The summed E-state index contributed by atoms with van der Waals surface area (Å²) in [5, 5.41) is 11.5. The van der Waals surface area contributed by atoms with Crippen LogP contribution in [-0.2, 0) is 22.6 Å². The van der Waals surface area contributed by atoms with Gasteiger partial charge in [-0.05, 0) is 60.4 Å². The van der Waals surface area contributed by atoms with E-state index in [0.29, 0.717) is 23.5 Å². The third-order valence-electron chi connectivity index (χ3n) is 6.85. The summed E-state index contributed by atoms with van der Waals surface area (Å²) in [4.78, 5) is 28.3. The number of ether oxygens (including phenoxy) is 2. The molecular weight excluding hydrogens is 466 g/mol. The van der Waals surface area contributed by atoms with Crippen LogP contribution in [0, 0.1) is 0 Å². The van der Waals surface area contributed by atoms with Gasteiger partial charge in [0.1, 0.15) is 23.4 Å². The number of fused-ring (bicyclic) bond motifs is 1. The number of hydrogen-bond donors (Lipinski definition) is 1. The molecule has 1 amide bonds. The fraction of sp³-hybridized carbons (Fsp3) is 0.290. The largest absolute Gasteiger partial charge is 0.507 e. The van der Waals surface area contributed by atoms with E-state index < -0.39 is 17.7 Å². The van der Waals surface area contributed by atoms with Gasteiger partial charge in [-0.15, -0.1) is 0 Å². The first-order chi connectivity index (χ1) is 18.0. The van der Waals surface area contributed by atoms with Crippen molar-refractivity contribution in [3.05, 3.63) is 101 Å². The van der Waals surface area contributed by atoms with Crippen LogP contribution in [-0.4, -0.2) is 34.4 Å². The van der Waals surface area contributed by atoms with Crippen molar-refractivity contribution in [2.45, 2.75) is 51.8 Å². The maximum Gasteiger partial charge on any atom is 0.295 e. The Morgan fingerprint density at radius 3 is 2.65 bits per heavy atom. The minimum absolute atomic E-state index is 0.0549. The number of likely N-dealkylation sites (tertiary alicyclic amines) is 1. The second kappa shape index (κ2) is 10.5. The number of aliphatic hydroxyl groups excluding tert-OH is 1. The molecule has 190 valence electrons. The highest BCUT2D eigenvalue weighted by atomic mass is 16.5. The van der Waals surface area contributed by atoms with Gasteiger partial charge in [-0.2, -0.15) is 0 Å². The summed E-state index contributed by atoms with van der Waals surface area (Å²) in [7, 11) is 0. The number of ketones is 1. The van der Waals surface area contributed by atoms with Crippen molar-refractivity contribution in [3.63, 3.8) is 0 Å². The predicted molar refractivity (Wildman–Crippen MR) is 141 cm³/mol. The Morgan fingerprint density at radius 1 is 1.05 bits per heavy atom. The van der Waals surface area contributed by atoms with E-state index in [0.717, 1.165) is 36.1 Å². The normalized spacial score (nSPS) is 20.1. The van der Waals surface area contributed by atoms with E-state index in [1.54, 1.807) is 6.07 Å². The van der Waals surface area contributed by atoms with Gasteiger partial charge in [0.2, 0.25) is 0 Å². The van der Waals surface area contributed by atoms with Crippen LogP contribution < -0.4 is 9.47 Å². The van der Waals surface area contributed by atoms with Crippen molar-refractivity contribution >= 4 is 17.4 Å². The van der Waals surface area contributed by atoms with Gasteiger partial charge >= 0.3 is 0 Å². The molecule has 0 unspecified atom stereocenters. The predicted octanol–water partition coefficient (Wildman–Crippen LogP) is 5.81. The monoisotopic (exact) mass is 497 g/mol. The molecule has 1 saturated heterocycles. The van der Waals surface area contributed by atoms with Crippen molar-refractivity contribution in [2.75, 3.05) is 6.61 Å². The van der Waals surface area contributed by atoms with Crippen LogP contribution in [0.2, 0.25) is 0 Å². The Hall–Kier alpha value is -4.06. The number of unbranched alkanes of at least 4 members (excludes halogenated alkanes) is 1. The van der Waals surface area contributed by atoms with Gasteiger partial charge in [0.15, 0.2) is 0 Å². The summed E-state index contributed by atoms with van der Waals surface area (Å²) in [6.07, 6.45) is 2.72. The molecule has 37 heavy (non-hydrogen) atoms. The van der Waals surface area contributed by atoms with Gasteiger partial charge in [0, 0.05) is 18.5 Å². The number of benzene rings is 3. The van der Waals surface area contributed by atoms with E-state index >= 15 is 0 Å². The van der Waals surface area contributed by atoms with E-state index in [1.807, 2.05) is 73.7 Å². The third kappa shape index (κ3) is 4.96. The van der Waals surface area contributed by atoms with Crippen molar-refractivity contribution in [1.82, 2.24) is 4.90 Å².